The Morgan fingerprint density at radius 3 is 2.76 bits per heavy atom. The Kier molecular flexibility index (Phi) is 3.99. The van der Waals surface area contributed by atoms with Crippen LogP contribution in [0.2, 0.25) is 0 Å². The van der Waals surface area contributed by atoms with Crippen LogP contribution in [0.25, 0.3) is 10.9 Å². The predicted molar refractivity (Wildman–Crippen MR) is 87.7 cm³/mol. The zero-order valence-corrected chi connectivity index (χ0v) is 13.3. The quantitative estimate of drug-likeness (QED) is 0.776. The Morgan fingerprint density at radius 2 is 2.00 bits per heavy atom. The maximum atomic E-state index is 9.30. The molecule has 0 saturated heterocycles. The molecule has 0 aliphatic rings. The molecule has 0 spiro atoms. The molecular weight excluding hydrogens is 330 g/mol. The van der Waals surface area contributed by atoms with Gasteiger partial charge in [-0.2, -0.15) is 0 Å². The summed E-state index contributed by atoms with van der Waals surface area (Å²) in [5, 5.41) is 10.5. The van der Waals surface area contributed by atoms with E-state index in [9.17, 15) is 5.11 Å². The lowest BCUT2D eigenvalue weighted by Gasteiger charge is -2.11. The highest BCUT2D eigenvalue weighted by atomic mass is 79.9. The third kappa shape index (κ3) is 2.82. The second-order valence-corrected chi connectivity index (χ2v) is 5.87. The lowest BCUT2D eigenvalue weighted by Crippen LogP contribution is -2.01. The average molecular weight is 346 g/mol. The van der Waals surface area contributed by atoms with Crippen LogP contribution >= 0.6 is 15.9 Å². The molecule has 0 bridgehead atoms. The SMILES string of the molecule is COc1ccc(Br)cc1Cn1ccc2ccc(CO)cc21. The number of rotatable bonds is 4. The Labute approximate surface area is 131 Å². The van der Waals surface area contributed by atoms with Crippen molar-refractivity contribution < 1.29 is 9.84 Å². The molecule has 3 rings (SSSR count). The molecule has 0 fully saturated rings. The van der Waals surface area contributed by atoms with Gasteiger partial charge in [0.1, 0.15) is 5.75 Å². The van der Waals surface area contributed by atoms with E-state index in [1.165, 1.54) is 5.39 Å². The summed E-state index contributed by atoms with van der Waals surface area (Å²) in [4.78, 5) is 0. The van der Waals surface area contributed by atoms with E-state index in [2.05, 4.69) is 38.8 Å². The molecule has 1 N–H and O–H groups in total. The van der Waals surface area contributed by atoms with Gasteiger partial charge < -0.3 is 14.4 Å². The Morgan fingerprint density at radius 1 is 1.14 bits per heavy atom. The van der Waals surface area contributed by atoms with E-state index in [1.807, 2.05) is 30.3 Å². The molecule has 1 heterocycles. The molecule has 2 aromatic carbocycles. The van der Waals surface area contributed by atoms with Crippen molar-refractivity contribution in [3.05, 3.63) is 64.3 Å². The smallest absolute Gasteiger partial charge is 0.123 e. The van der Waals surface area contributed by atoms with Gasteiger partial charge in [0, 0.05) is 21.7 Å². The van der Waals surface area contributed by atoms with Crippen LogP contribution in [0.3, 0.4) is 0 Å². The first-order valence-electron chi connectivity index (χ1n) is 6.72. The maximum Gasteiger partial charge on any atom is 0.123 e. The second kappa shape index (κ2) is 5.92. The van der Waals surface area contributed by atoms with Crippen molar-refractivity contribution in [2.75, 3.05) is 7.11 Å². The molecule has 0 saturated carbocycles. The van der Waals surface area contributed by atoms with Crippen LogP contribution in [0.5, 0.6) is 5.75 Å². The van der Waals surface area contributed by atoms with Crippen LogP contribution in [0.15, 0.2) is 53.1 Å². The van der Waals surface area contributed by atoms with Gasteiger partial charge in [-0.25, -0.2) is 0 Å². The van der Waals surface area contributed by atoms with Gasteiger partial charge in [0.25, 0.3) is 0 Å². The number of hydrogen-bond acceptors (Lipinski definition) is 2. The van der Waals surface area contributed by atoms with Gasteiger partial charge in [-0.05, 0) is 41.3 Å². The molecule has 0 amide bonds. The number of benzene rings is 2. The third-order valence-electron chi connectivity index (χ3n) is 3.60. The average Bonchev–Trinajstić information content (AvgIpc) is 2.90. The van der Waals surface area contributed by atoms with Crippen LogP contribution < -0.4 is 4.74 Å². The van der Waals surface area contributed by atoms with E-state index >= 15 is 0 Å². The highest BCUT2D eigenvalue weighted by molar-refractivity contribution is 9.10. The number of halogens is 1. The fourth-order valence-corrected chi connectivity index (χ4v) is 2.93. The van der Waals surface area contributed by atoms with Gasteiger partial charge in [0.2, 0.25) is 0 Å². The zero-order chi connectivity index (χ0) is 14.8. The van der Waals surface area contributed by atoms with Gasteiger partial charge in [-0.3, -0.25) is 0 Å². The van der Waals surface area contributed by atoms with Gasteiger partial charge in [0.15, 0.2) is 0 Å². The second-order valence-electron chi connectivity index (χ2n) is 4.95. The summed E-state index contributed by atoms with van der Waals surface area (Å²) in [5.74, 6) is 0.873. The summed E-state index contributed by atoms with van der Waals surface area (Å²) < 4.78 is 8.63. The Hall–Kier alpha value is -1.78. The van der Waals surface area contributed by atoms with E-state index in [4.69, 9.17) is 4.74 Å². The number of ether oxygens (including phenoxy) is 1. The predicted octanol–water partition coefficient (Wildman–Crippen LogP) is 3.95. The van der Waals surface area contributed by atoms with E-state index in [0.717, 1.165) is 33.4 Å². The van der Waals surface area contributed by atoms with Crippen molar-refractivity contribution in [2.24, 2.45) is 0 Å². The van der Waals surface area contributed by atoms with E-state index < -0.39 is 0 Å². The van der Waals surface area contributed by atoms with Crippen LogP contribution in [-0.4, -0.2) is 16.8 Å². The van der Waals surface area contributed by atoms with Crippen molar-refractivity contribution in [3.63, 3.8) is 0 Å². The van der Waals surface area contributed by atoms with Gasteiger partial charge in [-0.15, -0.1) is 0 Å². The first-order valence-corrected chi connectivity index (χ1v) is 7.51. The molecule has 0 atom stereocenters. The first kappa shape index (κ1) is 14.2. The number of methoxy groups -OCH3 is 1. The number of fused-ring (bicyclic) bond motifs is 1. The topological polar surface area (TPSA) is 34.4 Å². The minimum atomic E-state index is 0.0569. The summed E-state index contributed by atoms with van der Waals surface area (Å²) >= 11 is 3.50. The molecule has 108 valence electrons. The number of aromatic nitrogens is 1. The fourth-order valence-electron chi connectivity index (χ4n) is 2.52. The number of aliphatic hydroxyl groups excluding tert-OH is 1. The summed E-state index contributed by atoms with van der Waals surface area (Å²) in [5.41, 5.74) is 3.14. The first-order chi connectivity index (χ1) is 10.2. The van der Waals surface area contributed by atoms with Crippen molar-refractivity contribution in [2.45, 2.75) is 13.2 Å². The fraction of sp³-hybridized carbons (Fsp3) is 0.176. The number of aliphatic hydroxyl groups is 1. The molecule has 0 aliphatic carbocycles. The highest BCUT2D eigenvalue weighted by Gasteiger charge is 2.07. The molecule has 0 aliphatic heterocycles. The molecule has 1 aromatic heterocycles. The van der Waals surface area contributed by atoms with Crippen molar-refractivity contribution in [1.29, 1.82) is 0 Å². The third-order valence-corrected chi connectivity index (χ3v) is 4.10. The Balaban J connectivity index is 2.03. The van der Waals surface area contributed by atoms with Crippen LogP contribution in [0, 0.1) is 0 Å². The van der Waals surface area contributed by atoms with Crippen LogP contribution in [-0.2, 0) is 13.2 Å². The van der Waals surface area contributed by atoms with Crippen LogP contribution in [0.4, 0.5) is 0 Å². The monoisotopic (exact) mass is 345 g/mol. The molecule has 3 nitrogen and oxygen atoms in total. The lowest BCUT2D eigenvalue weighted by molar-refractivity contribution is 0.282. The van der Waals surface area contributed by atoms with Crippen molar-refractivity contribution >= 4 is 26.8 Å². The molecular formula is C17H16BrNO2. The molecule has 4 heteroatoms. The summed E-state index contributed by atoms with van der Waals surface area (Å²) in [6, 6.07) is 14.1. The van der Waals surface area contributed by atoms with Gasteiger partial charge in [-0.1, -0.05) is 28.1 Å². The maximum absolute atomic E-state index is 9.30. The zero-order valence-electron chi connectivity index (χ0n) is 11.7. The molecule has 0 radical (unpaired) electrons. The summed E-state index contributed by atoms with van der Waals surface area (Å²) in [6.45, 7) is 0.780. The minimum Gasteiger partial charge on any atom is -0.496 e. The van der Waals surface area contributed by atoms with E-state index in [1.54, 1.807) is 7.11 Å². The van der Waals surface area contributed by atoms with Crippen molar-refractivity contribution in [1.82, 2.24) is 4.57 Å². The standard InChI is InChI=1S/C17H16BrNO2/c1-21-17-5-4-15(18)9-14(17)10-19-7-6-13-3-2-12(11-20)8-16(13)19/h2-9,20H,10-11H2,1H3. The van der Waals surface area contributed by atoms with E-state index in [-0.39, 0.29) is 6.61 Å². The largest absolute Gasteiger partial charge is 0.496 e. The lowest BCUT2D eigenvalue weighted by atomic mass is 10.1. The van der Waals surface area contributed by atoms with Gasteiger partial charge in [0.05, 0.1) is 20.3 Å². The minimum absolute atomic E-state index is 0.0569. The normalized spacial score (nSPS) is 11.0. The van der Waals surface area contributed by atoms with Crippen molar-refractivity contribution in [3.8, 4) is 5.75 Å². The summed E-state index contributed by atoms with van der Waals surface area (Å²) in [7, 11) is 1.68. The number of hydrogen-bond donors (Lipinski definition) is 1. The molecule has 21 heavy (non-hydrogen) atoms. The molecule has 0 unspecified atom stereocenters. The van der Waals surface area contributed by atoms with Crippen LogP contribution in [0.1, 0.15) is 11.1 Å². The van der Waals surface area contributed by atoms with Gasteiger partial charge >= 0.3 is 0 Å². The summed E-state index contributed by atoms with van der Waals surface area (Å²) in [6.07, 6.45) is 2.06. The Bertz CT molecular complexity index is 780. The highest BCUT2D eigenvalue weighted by Crippen LogP contribution is 2.26. The molecule has 3 aromatic rings. The number of nitrogens with zero attached hydrogens (tertiary/aromatic N) is 1. The van der Waals surface area contributed by atoms with E-state index in [0.29, 0.717) is 0 Å².